The molecule has 0 aliphatic heterocycles. The van der Waals surface area contributed by atoms with Gasteiger partial charge in [-0.1, -0.05) is 23.7 Å². The van der Waals surface area contributed by atoms with Crippen molar-refractivity contribution in [3.63, 3.8) is 0 Å². The molecule has 0 fully saturated rings. The first kappa shape index (κ1) is 13.3. The number of nitrogens with zero attached hydrogens (tertiary/aromatic N) is 2. The molecule has 20 heavy (non-hydrogen) atoms. The van der Waals surface area contributed by atoms with Crippen molar-refractivity contribution < 1.29 is 0 Å². The van der Waals surface area contributed by atoms with Crippen LogP contribution >= 0.6 is 22.9 Å². The summed E-state index contributed by atoms with van der Waals surface area (Å²) in [6, 6.07) is 6.08. The van der Waals surface area contributed by atoms with Crippen LogP contribution in [0.5, 0.6) is 0 Å². The Morgan fingerprint density at radius 1 is 1.15 bits per heavy atom. The van der Waals surface area contributed by atoms with Gasteiger partial charge in [-0.3, -0.25) is 0 Å². The summed E-state index contributed by atoms with van der Waals surface area (Å²) in [4.78, 5) is 10.2. The molecule has 3 rings (SSSR count). The summed E-state index contributed by atoms with van der Waals surface area (Å²) >= 11 is 7.91. The van der Waals surface area contributed by atoms with E-state index in [1.54, 1.807) is 11.3 Å². The van der Waals surface area contributed by atoms with E-state index < -0.39 is 0 Å². The quantitative estimate of drug-likeness (QED) is 0.747. The van der Waals surface area contributed by atoms with Crippen molar-refractivity contribution in [2.45, 2.75) is 13.8 Å². The summed E-state index contributed by atoms with van der Waals surface area (Å²) in [7, 11) is 1.87. The third-order valence-corrected chi connectivity index (χ3v) is 4.96. The van der Waals surface area contributed by atoms with Crippen LogP contribution in [0.4, 0.5) is 5.82 Å². The van der Waals surface area contributed by atoms with Crippen molar-refractivity contribution >= 4 is 39.7 Å². The van der Waals surface area contributed by atoms with Gasteiger partial charge in [0.15, 0.2) is 5.82 Å². The van der Waals surface area contributed by atoms with E-state index in [4.69, 9.17) is 11.6 Å². The van der Waals surface area contributed by atoms with E-state index in [1.807, 2.05) is 31.5 Å². The first-order chi connectivity index (χ1) is 9.61. The Hall–Kier alpha value is -1.65. The first-order valence-corrected chi connectivity index (χ1v) is 7.56. The van der Waals surface area contributed by atoms with E-state index in [9.17, 15) is 0 Å². The van der Waals surface area contributed by atoms with Crippen molar-refractivity contribution in [2.24, 2.45) is 0 Å². The number of thiophene rings is 1. The molecule has 0 saturated heterocycles. The fourth-order valence-corrected chi connectivity index (χ4v) is 3.43. The van der Waals surface area contributed by atoms with Gasteiger partial charge in [0.2, 0.25) is 0 Å². The molecule has 0 aliphatic carbocycles. The average molecular weight is 304 g/mol. The number of halogens is 1. The van der Waals surface area contributed by atoms with Crippen LogP contribution < -0.4 is 5.32 Å². The molecule has 1 N–H and O–H groups in total. The van der Waals surface area contributed by atoms with Gasteiger partial charge in [0.05, 0.1) is 15.4 Å². The zero-order chi connectivity index (χ0) is 14.3. The van der Waals surface area contributed by atoms with Crippen molar-refractivity contribution in [3.8, 4) is 10.7 Å². The van der Waals surface area contributed by atoms with Crippen molar-refractivity contribution in [2.75, 3.05) is 12.4 Å². The number of benzene rings is 1. The van der Waals surface area contributed by atoms with Gasteiger partial charge in [0.1, 0.15) is 5.82 Å². The second kappa shape index (κ2) is 5.04. The zero-order valence-electron chi connectivity index (χ0n) is 11.5. The van der Waals surface area contributed by atoms with Crippen LogP contribution in [0.15, 0.2) is 23.6 Å². The van der Waals surface area contributed by atoms with Crippen molar-refractivity contribution in [1.29, 1.82) is 0 Å². The van der Waals surface area contributed by atoms with E-state index >= 15 is 0 Å². The topological polar surface area (TPSA) is 37.8 Å². The number of fused-ring (bicyclic) bond motifs is 1. The maximum Gasteiger partial charge on any atom is 0.173 e. The standard InChI is InChI=1S/C15H14ClN3S/c1-8-5-4-6-10-11(8)14(17-3)19-15(18-10)13-12(16)9(2)7-20-13/h4-7H,1-3H3,(H,17,18,19). The Labute approximate surface area is 126 Å². The van der Waals surface area contributed by atoms with Gasteiger partial charge >= 0.3 is 0 Å². The predicted octanol–water partition coefficient (Wildman–Crippen LogP) is 4.67. The molecule has 0 aliphatic rings. The lowest BCUT2D eigenvalue weighted by molar-refractivity contribution is 1.22. The molecule has 3 aromatic rings. The van der Waals surface area contributed by atoms with Crippen LogP contribution in [0.3, 0.4) is 0 Å². The summed E-state index contributed by atoms with van der Waals surface area (Å²) in [5.74, 6) is 1.51. The second-order valence-corrected chi connectivity index (χ2v) is 5.93. The third kappa shape index (κ3) is 2.05. The Kier molecular flexibility index (Phi) is 3.36. The van der Waals surface area contributed by atoms with Crippen LogP contribution in [-0.2, 0) is 0 Å². The number of hydrogen-bond acceptors (Lipinski definition) is 4. The SMILES string of the molecule is CNc1nc(-c2scc(C)c2Cl)nc2cccc(C)c12. The lowest BCUT2D eigenvalue weighted by Crippen LogP contribution is -1.99. The highest BCUT2D eigenvalue weighted by Crippen LogP contribution is 2.36. The fourth-order valence-electron chi connectivity index (χ4n) is 2.22. The Morgan fingerprint density at radius 2 is 1.95 bits per heavy atom. The molecule has 2 heterocycles. The number of aryl methyl sites for hydroxylation is 2. The summed E-state index contributed by atoms with van der Waals surface area (Å²) in [5, 5.41) is 6.98. The number of rotatable bonds is 2. The summed E-state index contributed by atoms with van der Waals surface area (Å²) in [5.41, 5.74) is 3.15. The van der Waals surface area contributed by atoms with Crippen molar-refractivity contribution in [3.05, 3.63) is 39.7 Å². The van der Waals surface area contributed by atoms with Gasteiger partial charge in [0, 0.05) is 12.4 Å². The highest BCUT2D eigenvalue weighted by molar-refractivity contribution is 7.14. The predicted molar refractivity (Wildman–Crippen MR) is 86.9 cm³/mol. The number of hydrogen-bond donors (Lipinski definition) is 1. The Morgan fingerprint density at radius 3 is 2.60 bits per heavy atom. The molecule has 0 radical (unpaired) electrons. The molecule has 0 unspecified atom stereocenters. The molecule has 102 valence electrons. The Bertz CT molecular complexity index is 795. The molecule has 3 nitrogen and oxygen atoms in total. The van der Waals surface area contributed by atoms with E-state index in [0.29, 0.717) is 5.82 Å². The van der Waals surface area contributed by atoms with Gasteiger partial charge in [-0.2, -0.15) is 0 Å². The highest BCUT2D eigenvalue weighted by Gasteiger charge is 2.15. The molecule has 0 bridgehead atoms. The van der Waals surface area contributed by atoms with Crippen LogP contribution in [0.2, 0.25) is 5.02 Å². The lowest BCUT2D eigenvalue weighted by Gasteiger charge is -2.09. The number of nitrogens with one attached hydrogen (secondary N) is 1. The smallest absolute Gasteiger partial charge is 0.173 e. The largest absolute Gasteiger partial charge is 0.373 e. The maximum atomic E-state index is 6.33. The maximum absolute atomic E-state index is 6.33. The molecular weight excluding hydrogens is 290 g/mol. The second-order valence-electron chi connectivity index (χ2n) is 4.68. The molecule has 0 spiro atoms. The van der Waals surface area contributed by atoms with E-state index in [2.05, 4.69) is 28.3 Å². The van der Waals surface area contributed by atoms with Crippen LogP contribution in [0.25, 0.3) is 21.6 Å². The highest BCUT2D eigenvalue weighted by atomic mass is 35.5. The average Bonchev–Trinajstić information content (AvgIpc) is 2.78. The first-order valence-electron chi connectivity index (χ1n) is 6.31. The molecule has 0 atom stereocenters. The van der Waals surface area contributed by atoms with E-state index in [1.165, 1.54) is 0 Å². The van der Waals surface area contributed by atoms with E-state index in [-0.39, 0.29) is 0 Å². The minimum absolute atomic E-state index is 0.676. The van der Waals surface area contributed by atoms with Crippen LogP contribution in [0.1, 0.15) is 11.1 Å². The molecule has 1 aromatic carbocycles. The summed E-state index contributed by atoms with van der Waals surface area (Å²) in [6.45, 7) is 4.06. The summed E-state index contributed by atoms with van der Waals surface area (Å²) in [6.07, 6.45) is 0. The van der Waals surface area contributed by atoms with Gasteiger partial charge in [-0.25, -0.2) is 9.97 Å². The minimum Gasteiger partial charge on any atom is -0.373 e. The van der Waals surface area contributed by atoms with Gasteiger partial charge in [0.25, 0.3) is 0 Å². The lowest BCUT2D eigenvalue weighted by atomic mass is 10.1. The van der Waals surface area contributed by atoms with Gasteiger partial charge in [-0.05, 0) is 36.4 Å². The normalized spacial score (nSPS) is 11.0. The minimum atomic E-state index is 0.676. The monoisotopic (exact) mass is 303 g/mol. The summed E-state index contributed by atoms with van der Waals surface area (Å²) < 4.78 is 0. The number of aromatic nitrogens is 2. The van der Waals surface area contributed by atoms with Gasteiger partial charge < -0.3 is 5.32 Å². The van der Waals surface area contributed by atoms with E-state index in [0.717, 1.165) is 37.7 Å². The zero-order valence-corrected chi connectivity index (χ0v) is 13.1. The third-order valence-electron chi connectivity index (χ3n) is 3.27. The van der Waals surface area contributed by atoms with Crippen LogP contribution in [0, 0.1) is 13.8 Å². The van der Waals surface area contributed by atoms with Crippen LogP contribution in [-0.4, -0.2) is 17.0 Å². The molecular formula is C15H14ClN3S. The van der Waals surface area contributed by atoms with Gasteiger partial charge in [-0.15, -0.1) is 11.3 Å². The van der Waals surface area contributed by atoms with Crippen molar-refractivity contribution in [1.82, 2.24) is 9.97 Å². The Balaban J connectivity index is 2.31. The molecule has 0 saturated carbocycles. The fraction of sp³-hybridized carbons (Fsp3) is 0.200. The number of anilines is 1. The molecule has 0 amide bonds. The molecule has 2 aromatic heterocycles. The molecule has 5 heteroatoms.